The second-order valence-corrected chi connectivity index (χ2v) is 6.74. The lowest BCUT2D eigenvalue weighted by Gasteiger charge is -2.37. The molecular weight excluding hydrogens is 312 g/mol. The van der Waals surface area contributed by atoms with Gasteiger partial charge in [-0.3, -0.25) is 4.98 Å². The molecule has 2 aromatic rings. The monoisotopic (exact) mass is 338 g/mol. The topological polar surface area (TPSA) is 48.5 Å². The van der Waals surface area contributed by atoms with Crippen molar-refractivity contribution in [1.82, 2.24) is 15.2 Å². The molecule has 0 aliphatic carbocycles. The van der Waals surface area contributed by atoms with Crippen LogP contribution in [0.5, 0.6) is 0 Å². The number of nitrogens with one attached hydrogen (secondary N) is 1. The summed E-state index contributed by atoms with van der Waals surface area (Å²) in [5, 5.41) is 2.99. The molecule has 2 amide bonds. The molecule has 0 saturated carbocycles. The summed E-state index contributed by atoms with van der Waals surface area (Å²) in [6.07, 6.45) is 3.49. The third-order valence-corrected chi connectivity index (χ3v) is 4.71. The maximum absolute atomic E-state index is 12.4. The van der Waals surface area contributed by atoms with E-state index in [1.54, 1.807) is 12.4 Å². The van der Waals surface area contributed by atoms with Crippen LogP contribution in [-0.4, -0.2) is 42.1 Å². The summed E-state index contributed by atoms with van der Waals surface area (Å²) in [7, 11) is 0. The Kier molecular flexibility index (Phi) is 5.22. The number of urea groups is 1. The van der Waals surface area contributed by atoms with Gasteiger partial charge in [0.25, 0.3) is 0 Å². The van der Waals surface area contributed by atoms with Crippen molar-refractivity contribution < 1.29 is 4.79 Å². The number of nitrogens with zero attached hydrogens (tertiary/aromatic N) is 3. The van der Waals surface area contributed by atoms with Crippen LogP contribution in [0.25, 0.3) is 0 Å². The molecule has 0 spiro atoms. The molecule has 25 heavy (non-hydrogen) atoms. The quantitative estimate of drug-likeness (QED) is 0.936. The minimum absolute atomic E-state index is 0.00816. The first-order chi connectivity index (χ1) is 12.0. The molecular formula is C20H26N4O. The van der Waals surface area contributed by atoms with Gasteiger partial charge in [0.1, 0.15) is 0 Å². The largest absolute Gasteiger partial charge is 0.368 e. The minimum atomic E-state index is 0.00816. The van der Waals surface area contributed by atoms with E-state index in [0.29, 0.717) is 6.54 Å². The zero-order chi connectivity index (χ0) is 17.8. The van der Waals surface area contributed by atoms with Crippen LogP contribution in [0, 0.1) is 20.8 Å². The molecule has 1 fully saturated rings. The number of carbonyl (C=O) groups excluding carboxylic acids is 1. The van der Waals surface area contributed by atoms with Crippen LogP contribution in [0.4, 0.5) is 10.5 Å². The van der Waals surface area contributed by atoms with Gasteiger partial charge in [0.15, 0.2) is 0 Å². The Labute approximate surface area is 149 Å². The van der Waals surface area contributed by atoms with E-state index in [-0.39, 0.29) is 6.03 Å². The van der Waals surface area contributed by atoms with Crippen molar-refractivity contribution in [3.8, 4) is 0 Å². The number of hydrogen-bond donors (Lipinski definition) is 1. The van der Waals surface area contributed by atoms with E-state index >= 15 is 0 Å². The van der Waals surface area contributed by atoms with Crippen LogP contribution < -0.4 is 10.2 Å². The van der Waals surface area contributed by atoms with Crippen LogP contribution in [0.1, 0.15) is 22.3 Å². The smallest absolute Gasteiger partial charge is 0.317 e. The molecule has 1 aromatic carbocycles. The highest BCUT2D eigenvalue weighted by molar-refractivity contribution is 5.74. The highest BCUT2D eigenvalue weighted by Gasteiger charge is 2.22. The summed E-state index contributed by atoms with van der Waals surface area (Å²) in [6.45, 7) is 10.2. The molecule has 2 heterocycles. The molecule has 5 heteroatoms. The number of rotatable bonds is 3. The number of pyridine rings is 1. The van der Waals surface area contributed by atoms with Gasteiger partial charge >= 0.3 is 6.03 Å². The van der Waals surface area contributed by atoms with Gasteiger partial charge in [-0.1, -0.05) is 17.7 Å². The van der Waals surface area contributed by atoms with Gasteiger partial charge < -0.3 is 15.1 Å². The van der Waals surface area contributed by atoms with Crippen LogP contribution in [0.2, 0.25) is 0 Å². The predicted octanol–water partition coefficient (Wildman–Crippen LogP) is 3.04. The first kappa shape index (κ1) is 17.3. The summed E-state index contributed by atoms with van der Waals surface area (Å²) in [5.41, 5.74) is 6.31. The zero-order valence-corrected chi connectivity index (χ0v) is 15.2. The predicted molar refractivity (Wildman–Crippen MR) is 101 cm³/mol. The van der Waals surface area contributed by atoms with E-state index in [1.165, 1.54) is 22.4 Å². The zero-order valence-electron chi connectivity index (χ0n) is 15.2. The van der Waals surface area contributed by atoms with Gasteiger partial charge in [-0.15, -0.1) is 0 Å². The fourth-order valence-electron chi connectivity index (χ4n) is 3.59. The van der Waals surface area contributed by atoms with Gasteiger partial charge in [0.2, 0.25) is 0 Å². The summed E-state index contributed by atoms with van der Waals surface area (Å²) < 4.78 is 0. The third-order valence-electron chi connectivity index (χ3n) is 4.71. The van der Waals surface area contributed by atoms with Crippen molar-refractivity contribution in [3.63, 3.8) is 0 Å². The van der Waals surface area contributed by atoms with Gasteiger partial charge in [-0.2, -0.15) is 0 Å². The fourth-order valence-corrected chi connectivity index (χ4v) is 3.59. The van der Waals surface area contributed by atoms with E-state index in [2.05, 4.69) is 48.1 Å². The number of benzene rings is 1. The molecule has 1 N–H and O–H groups in total. The van der Waals surface area contributed by atoms with Crippen molar-refractivity contribution >= 4 is 11.7 Å². The molecule has 0 bridgehead atoms. The maximum atomic E-state index is 12.4. The first-order valence-electron chi connectivity index (χ1n) is 8.79. The van der Waals surface area contributed by atoms with E-state index in [9.17, 15) is 4.79 Å². The van der Waals surface area contributed by atoms with Crippen LogP contribution in [0.15, 0.2) is 36.7 Å². The first-order valence-corrected chi connectivity index (χ1v) is 8.79. The molecule has 0 atom stereocenters. The number of anilines is 1. The molecule has 1 aromatic heterocycles. The molecule has 5 nitrogen and oxygen atoms in total. The average Bonchev–Trinajstić information content (AvgIpc) is 2.60. The van der Waals surface area contributed by atoms with Crippen LogP contribution in [-0.2, 0) is 6.54 Å². The van der Waals surface area contributed by atoms with Crippen molar-refractivity contribution in [2.45, 2.75) is 27.3 Å². The Morgan fingerprint density at radius 3 is 2.24 bits per heavy atom. The maximum Gasteiger partial charge on any atom is 0.317 e. The number of amides is 2. The lowest BCUT2D eigenvalue weighted by molar-refractivity contribution is 0.194. The number of carbonyl (C=O) groups is 1. The third kappa shape index (κ3) is 4.10. The second-order valence-electron chi connectivity index (χ2n) is 6.74. The highest BCUT2D eigenvalue weighted by Crippen LogP contribution is 2.27. The molecule has 132 valence electrons. The van der Waals surface area contributed by atoms with E-state index < -0.39 is 0 Å². The number of aryl methyl sites for hydroxylation is 3. The normalized spacial score (nSPS) is 14.5. The van der Waals surface area contributed by atoms with Crippen molar-refractivity contribution in [2.75, 3.05) is 31.1 Å². The minimum Gasteiger partial charge on any atom is -0.368 e. The van der Waals surface area contributed by atoms with Crippen molar-refractivity contribution in [1.29, 1.82) is 0 Å². The standard InChI is InChI=1S/C20H26N4O/c1-15-12-16(2)19(17(3)13-15)23-8-10-24(11-9-23)20(25)22-14-18-4-6-21-7-5-18/h4-7,12-13H,8-11,14H2,1-3H3,(H,22,25). The molecule has 0 radical (unpaired) electrons. The van der Waals surface area contributed by atoms with Crippen LogP contribution in [0.3, 0.4) is 0 Å². The summed E-state index contributed by atoms with van der Waals surface area (Å²) >= 11 is 0. The Morgan fingerprint density at radius 1 is 1.04 bits per heavy atom. The molecule has 1 saturated heterocycles. The Morgan fingerprint density at radius 2 is 1.64 bits per heavy atom. The summed E-state index contributed by atoms with van der Waals surface area (Å²) in [4.78, 5) is 20.7. The highest BCUT2D eigenvalue weighted by atomic mass is 16.2. The average molecular weight is 338 g/mol. The Hall–Kier alpha value is -2.56. The van der Waals surface area contributed by atoms with Gasteiger partial charge in [-0.05, 0) is 49.6 Å². The molecule has 3 rings (SSSR count). The lowest BCUT2D eigenvalue weighted by Crippen LogP contribution is -2.52. The van der Waals surface area contributed by atoms with Crippen molar-refractivity contribution in [2.24, 2.45) is 0 Å². The number of aromatic nitrogens is 1. The molecule has 1 aliphatic heterocycles. The van der Waals surface area contributed by atoms with Gasteiger partial charge in [-0.25, -0.2) is 4.79 Å². The van der Waals surface area contributed by atoms with E-state index in [4.69, 9.17) is 0 Å². The Bertz CT molecular complexity index is 714. The Balaban J connectivity index is 1.56. The SMILES string of the molecule is Cc1cc(C)c(N2CCN(C(=O)NCc3ccncc3)CC2)c(C)c1. The van der Waals surface area contributed by atoms with E-state index in [1.807, 2.05) is 17.0 Å². The second kappa shape index (κ2) is 7.55. The fraction of sp³-hybridized carbons (Fsp3) is 0.400. The molecule has 1 aliphatic rings. The lowest BCUT2D eigenvalue weighted by atomic mass is 10.0. The molecule has 0 unspecified atom stereocenters. The van der Waals surface area contributed by atoms with Crippen LogP contribution >= 0.6 is 0 Å². The van der Waals surface area contributed by atoms with Gasteiger partial charge in [0, 0.05) is 50.8 Å². The van der Waals surface area contributed by atoms with E-state index in [0.717, 1.165) is 31.7 Å². The number of hydrogen-bond acceptors (Lipinski definition) is 3. The summed E-state index contributed by atoms with van der Waals surface area (Å²) in [5.74, 6) is 0. The summed E-state index contributed by atoms with van der Waals surface area (Å²) in [6, 6.07) is 8.31. The number of piperazine rings is 1. The van der Waals surface area contributed by atoms with Gasteiger partial charge in [0.05, 0.1) is 0 Å². The van der Waals surface area contributed by atoms with Crippen molar-refractivity contribution in [3.05, 3.63) is 58.9 Å².